The minimum Gasteiger partial charge on any atom is -0.343 e. The molecule has 0 aromatic carbocycles. The summed E-state index contributed by atoms with van der Waals surface area (Å²) in [6.45, 7) is 7.50. The molecule has 17 heavy (non-hydrogen) atoms. The van der Waals surface area contributed by atoms with Crippen LogP contribution in [0.4, 0.5) is 0 Å². The van der Waals surface area contributed by atoms with E-state index in [2.05, 4.69) is 41.8 Å². The lowest BCUT2D eigenvalue weighted by Crippen LogP contribution is -2.51. The number of hydrogen-bond acceptors (Lipinski definition) is 2. The fourth-order valence-corrected chi connectivity index (χ4v) is 2.83. The Morgan fingerprint density at radius 1 is 1.65 bits per heavy atom. The first kappa shape index (κ1) is 12.9. The van der Waals surface area contributed by atoms with Crippen LogP contribution in [0.3, 0.4) is 0 Å². The number of amides is 1. The molecule has 1 unspecified atom stereocenters. The highest BCUT2D eigenvalue weighted by atomic mass is 127. The first-order chi connectivity index (χ1) is 8.11. The number of hydrogen-bond donors (Lipinski definition) is 1. The number of carbonyl (C=O) groups excluding carboxylic acids is 1. The zero-order chi connectivity index (χ0) is 12.4. The van der Waals surface area contributed by atoms with Crippen LogP contribution in [0.1, 0.15) is 24.3 Å². The van der Waals surface area contributed by atoms with Gasteiger partial charge < -0.3 is 14.8 Å². The van der Waals surface area contributed by atoms with Gasteiger partial charge in [0.2, 0.25) is 0 Å². The van der Waals surface area contributed by atoms with Crippen LogP contribution in [0, 0.1) is 3.57 Å². The third-order valence-electron chi connectivity index (χ3n) is 3.08. The van der Waals surface area contributed by atoms with Gasteiger partial charge in [-0.05, 0) is 42.5 Å². The molecule has 94 valence electrons. The van der Waals surface area contributed by atoms with E-state index in [1.165, 1.54) is 0 Å². The highest BCUT2D eigenvalue weighted by Gasteiger charge is 2.23. The molecular weight excluding hydrogens is 329 g/mol. The largest absolute Gasteiger partial charge is 0.343 e. The smallest absolute Gasteiger partial charge is 0.270 e. The summed E-state index contributed by atoms with van der Waals surface area (Å²) in [6, 6.07) is 2.36. The highest BCUT2D eigenvalue weighted by Crippen LogP contribution is 2.14. The van der Waals surface area contributed by atoms with Crippen molar-refractivity contribution < 1.29 is 4.79 Å². The third-order valence-corrected chi connectivity index (χ3v) is 3.67. The molecule has 1 aliphatic rings. The van der Waals surface area contributed by atoms with Gasteiger partial charge in [-0.2, -0.15) is 0 Å². The van der Waals surface area contributed by atoms with Crippen LogP contribution in [0.15, 0.2) is 12.3 Å². The Kier molecular flexibility index (Phi) is 4.09. The van der Waals surface area contributed by atoms with E-state index in [0.29, 0.717) is 6.04 Å². The fourth-order valence-electron chi connectivity index (χ4n) is 2.19. The summed E-state index contributed by atoms with van der Waals surface area (Å²) in [6.07, 6.45) is 2.03. The maximum Gasteiger partial charge on any atom is 0.270 e. The molecule has 0 saturated carbocycles. The Hall–Kier alpha value is -0.560. The number of piperazine rings is 1. The summed E-state index contributed by atoms with van der Waals surface area (Å²) < 4.78 is 3.15. The predicted molar refractivity (Wildman–Crippen MR) is 76.2 cm³/mol. The first-order valence-electron chi connectivity index (χ1n) is 6.00. The van der Waals surface area contributed by atoms with Gasteiger partial charge in [-0.1, -0.05) is 0 Å². The van der Waals surface area contributed by atoms with Crippen LogP contribution in [-0.2, 0) is 6.54 Å². The molecule has 1 saturated heterocycles. The molecule has 4 nitrogen and oxygen atoms in total. The van der Waals surface area contributed by atoms with Gasteiger partial charge >= 0.3 is 0 Å². The van der Waals surface area contributed by atoms with Crippen molar-refractivity contribution in [1.29, 1.82) is 0 Å². The van der Waals surface area contributed by atoms with Crippen LogP contribution in [0.2, 0.25) is 0 Å². The lowest BCUT2D eigenvalue weighted by atomic mass is 10.2. The number of rotatable bonds is 2. The summed E-state index contributed by atoms with van der Waals surface area (Å²) >= 11 is 2.25. The molecule has 1 aliphatic heterocycles. The Morgan fingerprint density at radius 2 is 2.41 bits per heavy atom. The topological polar surface area (TPSA) is 37.3 Å². The van der Waals surface area contributed by atoms with Gasteiger partial charge in [-0.3, -0.25) is 4.79 Å². The fraction of sp³-hybridized carbons (Fsp3) is 0.583. The van der Waals surface area contributed by atoms with Crippen LogP contribution < -0.4 is 5.32 Å². The standard InChI is InChI=1S/C12H18IN3O/c1-3-15-8-10(13)6-11(15)12(17)16-5-4-14-9(2)7-16/h6,8-9,14H,3-5,7H2,1-2H3. The van der Waals surface area contributed by atoms with E-state index in [9.17, 15) is 4.79 Å². The van der Waals surface area contributed by atoms with E-state index in [0.717, 1.165) is 35.4 Å². The molecule has 0 radical (unpaired) electrons. The molecule has 1 aromatic heterocycles. The van der Waals surface area contributed by atoms with Crippen LogP contribution in [-0.4, -0.2) is 41.1 Å². The van der Waals surface area contributed by atoms with Gasteiger partial charge in [0.25, 0.3) is 5.91 Å². The van der Waals surface area contributed by atoms with E-state index in [-0.39, 0.29) is 5.91 Å². The van der Waals surface area contributed by atoms with Gasteiger partial charge in [0, 0.05) is 42.0 Å². The first-order valence-corrected chi connectivity index (χ1v) is 7.08. The lowest BCUT2D eigenvalue weighted by molar-refractivity contribution is 0.0698. The zero-order valence-electron chi connectivity index (χ0n) is 10.2. The van der Waals surface area contributed by atoms with Crippen molar-refractivity contribution in [2.75, 3.05) is 19.6 Å². The number of aromatic nitrogens is 1. The van der Waals surface area contributed by atoms with Crippen molar-refractivity contribution in [3.05, 3.63) is 21.5 Å². The molecule has 0 spiro atoms. The number of carbonyl (C=O) groups is 1. The van der Waals surface area contributed by atoms with Crippen molar-refractivity contribution in [2.45, 2.75) is 26.4 Å². The number of aryl methyl sites for hydroxylation is 1. The number of nitrogens with one attached hydrogen (secondary N) is 1. The Balaban J connectivity index is 2.18. The van der Waals surface area contributed by atoms with E-state index in [4.69, 9.17) is 0 Å². The molecule has 1 N–H and O–H groups in total. The Labute approximate surface area is 115 Å². The number of nitrogens with zero attached hydrogens (tertiary/aromatic N) is 2. The van der Waals surface area contributed by atoms with Crippen molar-refractivity contribution in [1.82, 2.24) is 14.8 Å². The molecule has 1 amide bonds. The maximum absolute atomic E-state index is 12.4. The molecule has 1 aromatic rings. The van der Waals surface area contributed by atoms with Crippen molar-refractivity contribution in [3.63, 3.8) is 0 Å². The average Bonchev–Trinajstić information content (AvgIpc) is 2.69. The lowest BCUT2D eigenvalue weighted by Gasteiger charge is -2.32. The van der Waals surface area contributed by atoms with Crippen molar-refractivity contribution in [3.8, 4) is 0 Å². The molecule has 2 rings (SSSR count). The molecular formula is C12H18IN3O. The zero-order valence-corrected chi connectivity index (χ0v) is 12.4. The van der Waals surface area contributed by atoms with E-state index >= 15 is 0 Å². The van der Waals surface area contributed by atoms with Crippen molar-refractivity contribution >= 4 is 28.5 Å². The predicted octanol–water partition coefficient (Wildman–Crippen LogP) is 1.55. The van der Waals surface area contributed by atoms with E-state index in [1.807, 2.05) is 21.7 Å². The summed E-state index contributed by atoms with van der Waals surface area (Å²) in [5.41, 5.74) is 0.811. The van der Waals surface area contributed by atoms with Gasteiger partial charge in [-0.25, -0.2) is 0 Å². The number of halogens is 1. The van der Waals surface area contributed by atoms with Crippen LogP contribution in [0.5, 0.6) is 0 Å². The molecule has 0 bridgehead atoms. The van der Waals surface area contributed by atoms with E-state index < -0.39 is 0 Å². The van der Waals surface area contributed by atoms with Gasteiger partial charge in [0.15, 0.2) is 0 Å². The van der Waals surface area contributed by atoms with Gasteiger partial charge in [0.05, 0.1) is 0 Å². The van der Waals surface area contributed by atoms with Gasteiger partial charge in [0.1, 0.15) is 5.69 Å². The third kappa shape index (κ3) is 2.82. The highest BCUT2D eigenvalue weighted by molar-refractivity contribution is 14.1. The molecule has 2 heterocycles. The maximum atomic E-state index is 12.4. The van der Waals surface area contributed by atoms with E-state index in [1.54, 1.807) is 0 Å². The Morgan fingerprint density at radius 3 is 3.06 bits per heavy atom. The van der Waals surface area contributed by atoms with Gasteiger partial charge in [-0.15, -0.1) is 0 Å². The summed E-state index contributed by atoms with van der Waals surface area (Å²) in [5, 5.41) is 3.35. The molecule has 0 aliphatic carbocycles. The normalized spacial score (nSPS) is 20.6. The second-order valence-electron chi connectivity index (χ2n) is 4.44. The minimum absolute atomic E-state index is 0.156. The second kappa shape index (κ2) is 5.39. The Bertz CT molecular complexity index is 416. The molecule has 5 heteroatoms. The minimum atomic E-state index is 0.156. The molecule has 1 atom stereocenters. The molecule has 1 fully saturated rings. The SMILES string of the molecule is CCn1cc(I)cc1C(=O)N1CCNC(C)C1. The van der Waals surface area contributed by atoms with Crippen LogP contribution in [0.25, 0.3) is 0 Å². The second-order valence-corrected chi connectivity index (χ2v) is 5.68. The monoisotopic (exact) mass is 347 g/mol. The summed E-state index contributed by atoms with van der Waals surface area (Å²) in [5.74, 6) is 0.156. The summed E-state index contributed by atoms with van der Waals surface area (Å²) in [4.78, 5) is 14.4. The quantitative estimate of drug-likeness (QED) is 0.825. The summed E-state index contributed by atoms with van der Waals surface area (Å²) in [7, 11) is 0. The van der Waals surface area contributed by atoms with Crippen LogP contribution >= 0.6 is 22.6 Å². The van der Waals surface area contributed by atoms with Crippen molar-refractivity contribution in [2.24, 2.45) is 0 Å². The average molecular weight is 347 g/mol.